The lowest BCUT2D eigenvalue weighted by molar-refractivity contribution is -0.274. The Hall–Kier alpha value is -1.74. The topological polar surface area (TPSA) is 59.6 Å². The van der Waals surface area contributed by atoms with Crippen LogP contribution >= 0.6 is 27.3 Å². The fraction of sp³-hybridized carbons (Fsp3) is 0.214. The molecule has 23 heavy (non-hydrogen) atoms. The van der Waals surface area contributed by atoms with Crippen LogP contribution in [0, 0.1) is 0 Å². The molecule has 3 N–H and O–H groups in total. The maximum Gasteiger partial charge on any atom is 0.573 e. The number of ether oxygens (including phenoxy) is 1. The molecule has 0 saturated heterocycles. The lowest BCUT2D eigenvalue weighted by Gasteiger charge is -2.09. The number of guanidine groups is 1. The maximum absolute atomic E-state index is 12.1. The number of hydrogen-bond acceptors (Lipinski definition) is 3. The van der Waals surface area contributed by atoms with Crippen molar-refractivity contribution in [1.82, 2.24) is 5.32 Å². The maximum atomic E-state index is 12.1. The Labute approximate surface area is 143 Å². The molecule has 0 unspecified atom stereocenters. The third kappa shape index (κ3) is 6.49. The summed E-state index contributed by atoms with van der Waals surface area (Å²) in [5.74, 6) is 0.00439. The van der Waals surface area contributed by atoms with Gasteiger partial charge in [0.15, 0.2) is 5.96 Å². The van der Waals surface area contributed by atoms with Gasteiger partial charge < -0.3 is 15.8 Å². The normalized spacial score (nSPS) is 12.3. The number of halogens is 4. The number of benzene rings is 1. The Morgan fingerprint density at radius 2 is 1.91 bits per heavy atom. The summed E-state index contributed by atoms with van der Waals surface area (Å²) in [6, 6.07) is 9.41. The van der Waals surface area contributed by atoms with Gasteiger partial charge in [-0.2, -0.15) is 0 Å². The largest absolute Gasteiger partial charge is 0.573 e. The monoisotopic (exact) mass is 407 g/mol. The van der Waals surface area contributed by atoms with E-state index in [0.717, 1.165) is 14.2 Å². The second-order valence-corrected chi connectivity index (χ2v) is 7.00. The van der Waals surface area contributed by atoms with Crippen LogP contribution in [-0.4, -0.2) is 12.3 Å². The number of nitrogens with zero attached hydrogens (tertiary/aromatic N) is 1. The highest BCUT2D eigenvalue weighted by atomic mass is 79.9. The fourth-order valence-corrected chi connectivity index (χ4v) is 3.08. The van der Waals surface area contributed by atoms with E-state index in [1.165, 1.54) is 24.3 Å². The van der Waals surface area contributed by atoms with Crippen LogP contribution in [0.5, 0.6) is 5.75 Å². The van der Waals surface area contributed by atoms with Crippen LogP contribution in [0.3, 0.4) is 0 Å². The summed E-state index contributed by atoms with van der Waals surface area (Å²) in [5.41, 5.74) is 6.47. The Kier molecular flexibility index (Phi) is 5.89. The Balaban J connectivity index is 1.84. The highest BCUT2D eigenvalue weighted by Crippen LogP contribution is 2.23. The third-order valence-electron chi connectivity index (χ3n) is 2.66. The summed E-state index contributed by atoms with van der Waals surface area (Å²) in [6.45, 7) is 0.823. The lowest BCUT2D eigenvalue weighted by atomic mass is 10.2. The summed E-state index contributed by atoms with van der Waals surface area (Å²) >= 11 is 4.96. The molecule has 1 heterocycles. The molecule has 9 heteroatoms. The van der Waals surface area contributed by atoms with Crippen molar-refractivity contribution in [3.05, 3.63) is 50.6 Å². The summed E-state index contributed by atoms with van der Waals surface area (Å²) in [5, 5.41) is 2.97. The van der Waals surface area contributed by atoms with Crippen molar-refractivity contribution in [1.29, 1.82) is 0 Å². The molecule has 2 rings (SSSR count). The Morgan fingerprint density at radius 3 is 2.48 bits per heavy atom. The molecule has 124 valence electrons. The molecule has 2 aromatic rings. The highest BCUT2D eigenvalue weighted by Gasteiger charge is 2.30. The van der Waals surface area contributed by atoms with Gasteiger partial charge in [0.25, 0.3) is 0 Å². The van der Waals surface area contributed by atoms with Crippen LogP contribution < -0.4 is 15.8 Å². The van der Waals surface area contributed by atoms with Gasteiger partial charge in [0.05, 0.1) is 16.9 Å². The van der Waals surface area contributed by atoms with E-state index in [1.54, 1.807) is 11.3 Å². The molecule has 0 fully saturated rings. The lowest BCUT2D eigenvalue weighted by Crippen LogP contribution is -2.30. The van der Waals surface area contributed by atoms with E-state index in [-0.39, 0.29) is 18.3 Å². The van der Waals surface area contributed by atoms with Gasteiger partial charge in [0.2, 0.25) is 0 Å². The first-order chi connectivity index (χ1) is 10.8. The van der Waals surface area contributed by atoms with Crippen molar-refractivity contribution >= 4 is 33.2 Å². The number of alkyl halides is 3. The molecule has 4 nitrogen and oxygen atoms in total. The second-order valence-electron chi connectivity index (χ2n) is 4.45. The van der Waals surface area contributed by atoms with E-state index < -0.39 is 6.36 Å². The van der Waals surface area contributed by atoms with Gasteiger partial charge >= 0.3 is 6.36 Å². The minimum absolute atomic E-state index is 0.263. The van der Waals surface area contributed by atoms with E-state index in [2.05, 4.69) is 31.0 Å². The van der Waals surface area contributed by atoms with Crippen LogP contribution in [0.2, 0.25) is 0 Å². The first kappa shape index (κ1) is 17.6. The molecule has 0 radical (unpaired) electrons. The van der Waals surface area contributed by atoms with Gasteiger partial charge in [-0.05, 0) is 45.8 Å². The molecule has 0 atom stereocenters. The van der Waals surface area contributed by atoms with E-state index in [4.69, 9.17) is 5.73 Å². The first-order valence-corrected chi connectivity index (χ1v) is 8.05. The van der Waals surface area contributed by atoms with Gasteiger partial charge in [-0.1, -0.05) is 12.1 Å². The summed E-state index contributed by atoms with van der Waals surface area (Å²) in [7, 11) is 0. The molecule has 0 aliphatic carbocycles. The molecular formula is C14H13BrF3N3OS. The molecule has 0 aliphatic rings. The van der Waals surface area contributed by atoms with Crippen molar-refractivity contribution < 1.29 is 17.9 Å². The van der Waals surface area contributed by atoms with Crippen molar-refractivity contribution in [3.63, 3.8) is 0 Å². The van der Waals surface area contributed by atoms with Gasteiger partial charge in [-0.25, -0.2) is 4.99 Å². The Morgan fingerprint density at radius 1 is 1.22 bits per heavy atom. The molecule has 0 saturated carbocycles. The zero-order valence-corrected chi connectivity index (χ0v) is 14.1. The van der Waals surface area contributed by atoms with Crippen LogP contribution in [0.25, 0.3) is 0 Å². The zero-order valence-electron chi connectivity index (χ0n) is 11.7. The first-order valence-electron chi connectivity index (χ1n) is 6.44. The van der Waals surface area contributed by atoms with Crippen molar-refractivity contribution in [2.45, 2.75) is 19.5 Å². The standard InChI is InChI=1S/C14H13BrF3N3OS/c15-12-6-5-11(23-12)8-21-13(19)20-7-9-1-3-10(4-2-9)22-14(16,17)18/h1-6H,7-8H2,(H3,19,20,21). The van der Waals surface area contributed by atoms with Gasteiger partial charge in [0.1, 0.15) is 5.75 Å². The average Bonchev–Trinajstić information content (AvgIpc) is 2.88. The molecule has 0 aliphatic heterocycles. The van der Waals surface area contributed by atoms with E-state index >= 15 is 0 Å². The molecule has 0 bridgehead atoms. The van der Waals surface area contributed by atoms with Crippen molar-refractivity contribution in [3.8, 4) is 5.75 Å². The van der Waals surface area contributed by atoms with Gasteiger partial charge in [-0.3, -0.25) is 0 Å². The van der Waals surface area contributed by atoms with Crippen LogP contribution in [0.4, 0.5) is 13.2 Å². The van der Waals surface area contributed by atoms with Crippen molar-refractivity contribution in [2.75, 3.05) is 0 Å². The average molecular weight is 408 g/mol. The Bertz CT molecular complexity index is 671. The molecule has 1 aromatic carbocycles. The van der Waals surface area contributed by atoms with Gasteiger partial charge in [-0.15, -0.1) is 24.5 Å². The van der Waals surface area contributed by atoms with Gasteiger partial charge in [0, 0.05) is 4.88 Å². The molecule has 0 amide bonds. The second kappa shape index (κ2) is 7.69. The highest BCUT2D eigenvalue weighted by molar-refractivity contribution is 9.11. The van der Waals surface area contributed by atoms with E-state index in [1.807, 2.05) is 12.1 Å². The van der Waals surface area contributed by atoms with Crippen molar-refractivity contribution in [2.24, 2.45) is 10.7 Å². The number of thiophene rings is 1. The summed E-state index contributed by atoms with van der Waals surface area (Å²) in [4.78, 5) is 5.23. The SMILES string of the molecule is NC(=NCc1ccc(OC(F)(F)F)cc1)NCc1ccc(Br)s1. The predicted octanol–water partition coefficient (Wildman–Crippen LogP) is 4.01. The summed E-state index contributed by atoms with van der Waals surface area (Å²) < 4.78 is 41.0. The smallest absolute Gasteiger partial charge is 0.406 e. The number of hydrogen-bond donors (Lipinski definition) is 2. The number of nitrogens with one attached hydrogen (secondary N) is 1. The minimum atomic E-state index is -4.69. The fourth-order valence-electron chi connectivity index (χ4n) is 1.65. The third-order valence-corrected chi connectivity index (χ3v) is 4.29. The summed E-state index contributed by atoms with van der Waals surface area (Å²) in [6.07, 6.45) is -4.69. The number of rotatable bonds is 5. The molecular weight excluding hydrogens is 395 g/mol. The predicted molar refractivity (Wildman–Crippen MR) is 87.3 cm³/mol. The van der Waals surface area contributed by atoms with E-state index in [9.17, 15) is 13.2 Å². The minimum Gasteiger partial charge on any atom is -0.406 e. The van der Waals surface area contributed by atoms with E-state index in [0.29, 0.717) is 6.54 Å². The van der Waals surface area contributed by atoms with Crippen LogP contribution in [0.15, 0.2) is 45.2 Å². The quantitative estimate of drug-likeness (QED) is 0.581. The molecule has 1 aromatic heterocycles. The number of nitrogens with two attached hydrogens (primary N) is 1. The molecule has 0 spiro atoms. The van der Waals surface area contributed by atoms with Crippen LogP contribution in [-0.2, 0) is 13.1 Å². The van der Waals surface area contributed by atoms with Crippen LogP contribution in [0.1, 0.15) is 10.4 Å². The number of aliphatic imine (C=N–C) groups is 1. The zero-order chi connectivity index (χ0) is 16.9.